The second-order valence-electron chi connectivity index (χ2n) is 3.20. The lowest BCUT2D eigenvalue weighted by molar-refractivity contribution is 0.172. The minimum absolute atomic E-state index is 0.134. The first-order valence-electron chi connectivity index (χ1n) is 5.38. The van der Waals surface area contributed by atoms with E-state index in [2.05, 4.69) is 4.74 Å². The van der Waals surface area contributed by atoms with Gasteiger partial charge in [-0.3, -0.25) is 0 Å². The van der Waals surface area contributed by atoms with E-state index in [4.69, 9.17) is 9.47 Å². The van der Waals surface area contributed by atoms with Gasteiger partial charge in [0.1, 0.15) is 6.61 Å². The maximum absolute atomic E-state index is 13.8. The van der Waals surface area contributed by atoms with Crippen LogP contribution in [-0.2, 0) is 0 Å². The maximum atomic E-state index is 13.8. The lowest BCUT2D eigenvalue weighted by Gasteiger charge is -2.13. The second-order valence-corrected chi connectivity index (χ2v) is 3.20. The van der Waals surface area contributed by atoms with Gasteiger partial charge in [-0.15, -0.1) is 0 Å². The quantitative estimate of drug-likeness (QED) is 0.713. The van der Waals surface area contributed by atoms with Gasteiger partial charge in [0.25, 0.3) is 6.08 Å². The van der Waals surface area contributed by atoms with Crippen LogP contribution in [0.4, 0.5) is 17.6 Å². The first-order valence-corrected chi connectivity index (χ1v) is 5.38. The summed E-state index contributed by atoms with van der Waals surface area (Å²) in [5.41, 5.74) is 0. The molecule has 0 saturated carbocycles. The molecule has 0 spiro atoms. The summed E-state index contributed by atoms with van der Waals surface area (Å²) in [5.74, 6) is -1.77. The molecular weight excluding hydrogens is 268 g/mol. The van der Waals surface area contributed by atoms with Crippen LogP contribution in [0.15, 0.2) is 24.3 Å². The number of halogens is 4. The molecule has 0 aromatic heterocycles. The first kappa shape index (κ1) is 15.1. The molecule has 0 bridgehead atoms. The van der Waals surface area contributed by atoms with Gasteiger partial charge in [0.05, 0.1) is 6.61 Å². The highest BCUT2D eigenvalue weighted by Crippen LogP contribution is 2.36. The topological polar surface area (TPSA) is 27.7 Å². The molecule has 0 saturated heterocycles. The van der Waals surface area contributed by atoms with Gasteiger partial charge in [0.15, 0.2) is 11.5 Å². The molecule has 106 valence electrons. The summed E-state index contributed by atoms with van der Waals surface area (Å²) >= 11 is 0. The summed E-state index contributed by atoms with van der Waals surface area (Å²) in [7, 11) is 0. The third kappa shape index (κ3) is 4.35. The van der Waals surface area contributed by atoms with Gasteiger partial charge in [0.2, 0.25) is 18.4 Å². The standard InChI is InChI=1S/C12H12F4O3/c1-2-17-8-3-4-9(18-6-5-10(14)15)12(11(8)16)19-7-13/h3-5H,2,6-7H2,1H3. The van der Waals surface area contributed by atoms with E-state index in [-0.39, 0.29) is 18.1 Å². The van der Waals surface area contributed by atoms with Gasteiger partial charge >= 0.3 is 0 Å². The molecule has 0 heterocycles. The van der Waals surface area contributed by atoms with Crippen LogP contribution in [0, 0.1) is 5.82 Å². The van der Waals surface area contributed by atoms with E-state index in [1.165, 1.54) is 12.1 Å². The van der Waals surface area contributed by atoms with Crippen molar-refractivity contribution in [3.05, 3.63) is 30.1 Å². The molecule has 3 nitrogen and oxygen atoms in total. The third-order valence-electron chi connectivity index (χ3n) is 2.00. The van der Waals surface area contributed by atoms with Gasteiger partial charge in [-0.1, -0.05) is 0 Å². The van der Waals surface area contributed by atoms with Crippen LogP contribution in [-0.4, -0.2) is 20.1 Å². The molecule has 0 radical (unpaired) electrons. The molecule has 1 aromatic rings. The van der Waals surface area contributed by atoms with Crippen molar-refractivity contribution in [2.24, 2.45) is 0 Å². The molecule has 0 aliphatic rings. The van der Waals surface area contributed by atoms with Crippen LogP contribution in [0.3, 0.4) is 0 Å². The summed E-state index contributed by atoms with van der Waals surface area (Å²) < 4.78 is 64.0. The Morgan fingerprint density at radius 2 is 1.84 bits per heavy atom. The average Bonchev–Trinajstić information content (AvgIpc) is 2.36. The number of hydrogen-bond donors (Lipinski definition) is 0. The van der Waals surface area contributed by atoms with Crippen LogP contribution >= 0.6 is 0 Å². The van der Waals surface area contributed by atoms with Crippen molar-refractivity contribution in [1.29, 1.82) is 0 Å². The SMILES string of the molecule is CCOc1ccc(OCC=C(F)F)c(OCF)c1F. The van der Waals surface area contributed by atoms with Crippen LogP contribution in [0.5, 0.6) is 17.2 Å². The molecule has 0 aliphatic carbocycles. The largest absolute Gasteiger partial charge is 0.491 e. The van der Waals surface area contributed by atoms with Gasteiger partial charge < -0.3 is 14.2 Å². The van der Waals surface area contributed by atoms with Crippen molar-refractivity contribution in [3.8, 4) is 17.2 Å². The molecular formula is C12H12F4O3. The summed E-state index contributed by atoms with van der Waals surface area (Å²) in [6, 6.07) is 2.50. The van der Waals surface area contributed by atoms with Gasteiger partial charge in [-0.2, -0.15) is 13.2 Å². The number of benzene rings is 1. The average molecular weight is 280 g/mol. The number of rotatable bonds is 7. The highest BCUT2D eigenvalue weighted by Gasteiger charge is 2.17. The van der Waals surface area contributed by atoms with Crippen LogP contribution in [0.2, 0.25) is 0 Å². The van der Waals surface area contributed by atoms with Crippen LogP contribution in [0.25, 0.3) is 0 Å². The fourth-order valence-corrected chi connectivity index (χ4v) is 1.28. The fourth-order valence-electron chi connectivity index (χ4n) is 1.28. The van der Waals surface area contributed by atoms with E-state index >= 15 is 0 Å². The Kier molecular flexibility index (Phi) is 5.98. The molecule has 1 rings (SSSR count). The van der Waals surface area contributed by atoms with Gasteiger partial charge in [-0.05, 0) is 19.1 Å². The lowest BCUT2D eigenvalue weighted by Crippen LogP contribution is -2.03. The molecule has 0 fully saturated rings. The zero-order chi connectivity index (χ0) is 14.3. The minimum Gasteiger partial charge on any atom is -0.491 e. The maximum Gasteiger partial charge on any atom is 0.269 e. The summed E-state index contributed by atoms with van der Waals surface area (Å²) in [4.78, 5) is 0. The summed E-state index contributed by atoms with van der Waals surface area (Å²) in [6.07, 6.45) is -1.44. The van der Waals surface area contributed by atoms with Gasteiger partial charge in [-0.25, -0.2) is 4.39 Å². The molecule has 0 aliphatic heterocycles. The molecule has 0 amide bonds. The van der Waals surface area contributed by atoms with Crippen molar-refractivity contribution < 1.29 is 31.8 Å². The Bertz CT molecular complexity index is 445. The Morgan fingerprint density at radius 3 is 2.42 bits per heavy atom. The normalized spacial score (nSPS) is 9.95. The number of alkyl halides is 1. The Hall–Kier alpha value is -1.92. The predicted octanol–water partition coefficient (Wildman–Crippen LogP) is 3.69. The van der Waals surface area contributed by atoms with Crippen molar-refractivity contribution in [2.45, 2.75) is 6.92 Å². The smallest absolute Gasteiger partial charge is 0.269 e. The molecule has 0 atom stereocenters. The molecule has 0 unspecified atom stereocenters. The summed E-state index contributed by atoms with van der Waals surface area (Å²) in [6.45, 7) is 0.0882. The van der Waals surface area contributed by atoms with E-state index in [0.29, 0.717) is 6.08 Å². The van der Waals surface area contributed by atoms with Crippen molar-refractivity contribution in [3.63, 3.8) is 0 Å². The molecule has 7 heteroatoms. The van der Waals surface area contributed by atoms with E-state index in [9.17, 15) is 17.6 Å². The fraction of sp³-hybridized carbons (Fsp3) is 0.333. The van der Waals surface area contributed by atoms with E-state index in [1.807, 2.05) is 0 Å². The zero-order valence-corrected chi connectivity index (χ0v) is 10.1. The lowest BCUT2D eigenvalue weighted by atomic mass is 10.3. The Balaban J connectivity index is 2.96. The summed E-state index contributed by atoms with van der Waals surface area (Å²) in [5, 5.41) is 0. The number of hydrogen-bond acceptors (Lipinski definition) is 3. The van der Waals surface area contributed by atoms with Crippen LogP contribution in [0.1, 0.15) is 6.92 Å². The van der Waals surface area contributed by atoms with Gasteiger partial charge in [0, 0.05) is 6.08 Å². The molecule has 0 N–H and O–H groups in total. The van der Waals surface area contributed by atoms with E-state index < -0.39 is 31.1 Å². The third-order valence-corrected chi connectivity index (χ3v) is 2.00. The minimum atomic E-state index is -1.93. The van der Waals surface area contributed by atoms with Crippen molar-refractivity contribution in [1.82, 2.24) is 0 Å². The van der Waals surface area contributed by atoms with E-state index in [0.717, 1.165) is 0 Å². The van der Waals surface area contributed by atoms with Crippen molar-refractivity contribution >= 4 is 0 Å². The zero-order valence-electron chi connectivity index (χ0n) is 10.1. The predicted molar refractivity (Wildman–Crippen MR) is 60.0 cm³/mol. The van der Waals surface area contributed by atoms with Crippen molar-refractivity contribution in [2.75, 3.05) is 20.1 Å². The monoisotopic (exact) mass is 280 g/mol. The molecule has 1 aromatic carbocycles. The Labute approximate surface area is 107 Å². The first-order chi connectivity index (χ1) is 9.10. The molecule has 19 heavy (non-hydrogen) atoms. The number of ether oxygens (including phenoxy) is 3. The second kappa shape index (κ2) is 7.50. The highest BCUT2D eigenvalue weighted by atomic mass is 19.3. The highest BCUT2D eigenvalue weighted by molar-refractivity contribution is 5.47. The van der Waals surface area contributed by atoms with Crippen LogP contribution < -0.4 is 14.2 Å². The van der Waals surface area contributed by atoms with E-state index in [1.54, 1.807) is 6.92 Å². The Morgan fingerprint density at radius 1 is 1.16 bits per heavy atom.